The van der Waals surface area contributed by atoms with Crippen LogP contribution in [-0.4, -0.2) is 23.0 Å². The number of aliphatic carboxylic acids is 1. The van der Waals surface area contributed by atoms with Gasteiger partial charge >= 0.3 is 5.97 Å². The Balaban J connectivity index is 2.05. The molecule has 0 bridgehead atoms. The van der Waals surface area contributed by atoms with Gasteiger partial charge in [0.1, 0.15) is 0 Å². The van der Waals surface area contributed by atoms with E-state index in [-0.39, 0.29) is 12.3 Å². The van der Waals surface area contributed by atoms with Crippen LogP contribution in [0.2, 0.25) is 0 Å². The zero-order chi connectivity index (χ0) is 15.2. The molecule has 1 unspecified atom stereocenters. The molecule has 4 nitrogen and oxygen atoms in total. The van der Waals surface area contributed by atoms with Crippen LogP contribution in [0.15, 0.2) is 54.6 Å². The Labute approximate surface area is 123 Å². The van der Waals surface area contributed by atoms with E-state index in [0.717, 1.165) is 11.1 Å². The number of carbonyl (C=O) groups excluding carboxylic acids is 1. The van der Waals surface area contributed by atoms with E-state index >= 15 is 0 Å². The van der Waals surface area contributed by atoms with Gasteiger partial charge in [0.05, 0.1) is 6.42 Å². The second-order valence-electron chi connectivity index (χ2n) is 4.92. The molecule has 0 fully saturated rings. The van der Waals surface area contributed by atoms with E-state index in [1.54, 1.807) is 19.1 Å². The van der Waals surface area contributed by atoms with Gasteiger partial charge in [-0.3, -0.25) is 9.59 Å². The maximum Gasteiger partial charge on any atom is 0.305 e. The van der Waals surface area contributed by atoms with Crippen LogP contribution in [0, 0.1) is 0 Å². The van der Waals surface area contributed by atoms with Crippen molar-refractivity contribution >= 4 is 11.9 Å². The van der Waals surface area contributed by atoms with Crippen LogP contribution in [-0.2, 0) is 4.79 Å². The van der Waals surface area contributed by atoms with E-state index in [1.165, 1.54) is 0 Å². The Morgan fingerprint density at radius 1 is 1.00 bits per heavy atom. The topological polar surface area (TPSA) is 66.4 Å². The molecule has 1 amide bonds. The van der Waals surface area contributed by atoms with Crippen molar-refractivity contribution in [3.05, 3.63) is 60.2 Å². The van der Waals surface area contributed by atoms with Crippen LogP contribution in [0.1, 0.15) is 23.7 Å². The zero-order valence-electron chi connectivity index (χ0n) is 11.7. The molecular formula is C17H17NO3. The number of benzene rings is 2. The first-order chi connectivity index (χ1) is 10.1. The lowest BCUT2D eigenvalue weighted by atomic mass is 10.0. The Hall–Kier alpha value is -2.62. The third-order valence-electron chi connectivity index (χ3n) is 3.11. The molecule has 0 aliphatic carbocycles. The van der Waals surface area contributed by atoms with Crippen molar-refractivity contribution in [2.45, 2.75) is 19.4 Å². The monoisotopic (exact) mass is 283 g/mol. The van der Waals surface area contributed by atoms with Gasteiger partial charge in [-0.05, 0) is 30.2 Å². The molecule has 4 heteroatoms. The van der Waals surface area contributed by atoms with Crippen LogP contribution in [0.25, 0.3) is 11.1 Å². The second kappa shape index (κ2) is 6.70. The molecule has 0 aliphatic rings. The molecule has 2 N–H and O–H groups in total. The molecule has 2 rings (SSSR count). The minimum atomic E-state index is -0.928. The average molecular weight is 283 g/mol. The van der Waals surface area contributed by atoms with Crippen molar-refractivity contribution in [1.29, 1.82) is 0 Å². The van der Waals surface area contributed by atoms with E-state index in [1.807, 2.05) is 42.5 Å². The molecule has 0 saturated heterocycles. The van der Waals surface area contributed by atoms with E-state index in [2.05, 4.69) is 5.32 Å². The number of rotatable bonds is 5. The SMILES string of the molecule is CC(CC(=O)O)NC(=O)c1ccc(-c2ccccc2)cc1. The van der Waals surface area contributed by atoms with Gasteiger partial charge in [-0.25, -0.2) is 0 Å². The molecule has 21 heavy (non-hydrogen) atoms. The zero-order valence-corrected chi connectivity index (χ0v) is 11.7. The number of carbonyl (C=O) groups is 2. The van der Waals surface area contributed by atoms with Gasteiger partial charge in [-0.15, -0.1) is 0 Å². The summed E-state index contributed by atoms with van der Waals surface area (Å²) < 4.78 is 0. The molecule has 108 valence electrons. The maximum absolute atomic E-state index is 12.0. The van der Waals surface area contributed by atoms with Gasteiger partial charge in [-0.1, -0.05) is 42.5 Å². The fourth-order valence-corrected chi connectivity index (χ4v) is 2.06. The summed E-state index contributed by atoms with van der Waals surface area (Å²) in [7, 11) is 0. The fourth-order valence-electron chi connectivity index (χ4n) is 2.06. The maximum atomic E-state index is 12.0. The molecule has 0 aromatic heterocycles. The number of carboxylic acids is 1. The lowest BCUT2D eigenvalue weighted by Crippen LogP contribution is -2.34. The molecule has 0 heterocycles. The Bertz CT molecular complexity index is 620. The highest BCUT2D eigenvalue weighted by molar-refractivity contribution is 5.95. The minimum absolute atomic E-state index is 0.0894. The first-order valence-electron chi connectivity index (χ1n) is 6.74. The highest BCUT2D eigenvalue weighted by Gasteiger charge is 2.12. The molecule has 0 spiro atoms. The normalized spacial score (nSPS) is 11.7. The van der Waals surface area contributed by atoms with Crippen LogP contribution in [0.4, 0.5) is 0 Å². The Morgan fingerprint density at radius 3 is 2.14 bits per heavy atom. The summed E-state index contributed by atoms with van der Waals surface area (Å²) in [6.07, 6.45) is -0.0894. The van der Waals surface area contributed by atoms with Gasteiger partial charge in [0, 0.05) is 11.6 Å². The average Bonchev–Trinajstić information content (AvgIpc) is 2.47. The molecule has 0 saturated carbocycles. The van der Waals surface area contributed by atoms with E-state index < -0.39 is 12.0 Å². The summed E-state index contributed by atoms with van der Waals surface area (Å²) in [6, 6.07) is 16.7. The summed E-state index contributed by atoms with van der Waals surface area (Å²) in [5, 5.41) is 11.3. The van der Waals surface area contributed by atoms with Crippen LogP contribution < -0.4 is 5.32 Å². The summed E-state index contributed by atoms with van der Waals surface area (Å²) in [5.41, 5.74) is 2.64. The van der Waals surface area contributed by atoms with Crippen LogP contribution >= 0.6 is 0 Å². The molecule has 0 aliphatic heterocycles. The van der Waals surface area contributed by atoms with E-state index in [0.29, 0.717) is 5.56 Å². The highest BCUT2D eigenvalue weighted by Crippen LogP contribution is 2.19. The van der Waals surface area contributed by atoms with Gasteiger partial charge in [0.2, 0.25) is 0 Å². The summed E-state index contributed by atoms with van der Waals surface area (Å²) in [4.78, 5) is 22.6. The standard InChI is InChI=1S/C17H17NO3/c1-12(11-16(19)20)18-17(21)15-9-7-14(8-10-15)13-5-3-2-4-6-13/h2-10,12H,11H2,1H3,(H,18,21)(H,19,20). The van der Waals surface area contributed by atoms with Crippen LogP contribution in [0.5, 0.6) is 0 Å². The number of hydrogen-bond donors (Lipinski definition) is 2. The number of carboxylic acid groups (broad SMARTS) is 1. The molecule has 2 aromatic carbocycles. The van der Waals surface area contributed by atoms with Gasteiger partial charge in [0.25, 0.3) is 5.91 Å². The summed E-state index contributed by atoms with van der Waals surface area (Å²) in [5.74, 6) is -1.19. The second-order valence-corrected chi connectivity index (χ2v) is 4.92. The highest BCUT2D eigenvalue weighted by atomic mass is 16.4. The van der Waals surface area contributed by atoms with Crippen molar-refractivity contribution in [2.24, 2.45) is 0 Å². The van der Waals surface area contributed by atoms with Crippen molar-refractivity contribution < 1.29 is 14.7 Å². The molecule has 0 radical (unpaired) electrons. The van der Waals surface area contributed by atoms with E-state index in [9.17, 15) is 9.59 Å². The Kier molecular flexibility index (Phi) is 4.72. The van der Waals surface area contributed by atoms with Crippen molar-refractivity contribution in [1.82, 2.24) is 5.32 Å². The molecular weight excluding hydrogens is 266 g/mol. The lowest BCUT2D eigenvalue weighted by molar-refractivity contribution is -0.137. The summed E-state index contributed by atoms with van der Waals surface area (Å²) in [6.45, 7) is 1.67. The molecule has 2 aromatic rings. The quantitative estimate of drug-likeness (QED) is 0.886. The number of nitrogens with one attached hydrogen (secondary N) is 1. The minimum Gasteiger partial charge on any atom is -0.481 e. The van der Waals surface area contributed by atoms with Gasteiger partial charge in [0.15, 0.2) is 0 Å². The first kappa shape index (κ1) is 14.8. The van der Waals surface area contributed by atoms with Gasteiger partial charge in [-0.2, -0.15) is 0 Å². The third-order valence-corrected chi connectivity index (χ3v) is 3.11. The number of hydrogen-bond acceptors (Lipinski definition) is 2. The third kappa shape index (κ3) is 4.18. The predicted molar refractivity (Wildman–Crippen MR) is 81.1 cm³/mol. The fraction of sp³-hybridized carbons (Fsp3) is 0.176. The van der Waals surface area contributed by atoms with Crippen molar-refractivity contribution in [2.75, 3.05) is 0 Å². The Morgan fingerprint density at radius 2 is 1.57 bits per heavy atom. The largest absolute Gasteiger partial charge is 0.481 e. The van der Waals surface area contributed by atoms with Gasteiger partial charge < -0.3 is 10.4 Å². The number of amides is 1. The van der Waals surface area contributed by atoms with E-state index in [4.69, 9.17) is 5.11 Å². The smallest absolute Gasteiger partial charge is 0.305 e. The van der Waals surface area contributed by atoms with Crippen LogP contribution in [0.3, 0.4) is 0 Å². The van der Waals surface area contributed by atoms with Crippen molar-refractivity contribution in [3.63, 3.8) is 0 Å². The summed E-state index contributed by atoms with van der Waals surface area (Å²) >= 11 is 0. The molecule has 1 atom stereocenters. The lowest BCUT2D eigenvalue weighted by Gasteiger charge is -2.11. The van der Waals surface area contributed by atoms with Crippen molar-refractivity contribution in [3.8, 4) is 11.1 Å². The first-order valence-corrected chi connectivity index (χ1v) is 6.74. The predicted octanol–water partition coefficient (Wildman–Crippen LogP) is 2.95.